The number of hydrogen-bond donors (Lipinski definition) is 1. The number of piperazine rings is 1. The molecule has 0 radical (unpaired) electrons. The highest BCUT2D eigenvalue weighted by molar-refractivity contribution is 5.80. The average Bonchev–Trinajstić information content (AvgIpc) is 2.31. The Morgan fingerprint density at radius 1 is 1.26 bits per heavy atom. The van der Waals surface area contributed by atoms with Crippen LogP contribution in [0.15, 0.2) is 0 Å². The minimum atomic E-state index is -0.907. The van der Waals surface area contributed by atoms with Crippen molar-refractivity contribution in [1.29, 1.82) is 0 Å². The normalized spacial score (nSPS) is 21.4. The molecule has 112 valence electrons. The van der Waals surface area contributed by atoms with Crippen molar-refractivity contribution in [2.45, 2.75) is 33.2 Å². The van der Waals surface area contributed by atoms with E-state index >= 15 is 0 Å². The molecule has 0 aliphatic carbocycles. The van der Waals surface area contributed by atoms with Crippen LogP contribution in [0.25, 0.3) is 0 Å². The van der Waals surface area contributed by atoms with Gasteiger partial charge in [0.15, 0.2) is 0 Å². The topological polar surface area (TPSA) is 58.8 Å². The van der Waals surface area contributed by atoms with Gasteiger partial charge in [-0.1, -0.05) is 13.8 Å². The average molecular weight is 271 g/mol. The smallest absolute Gasteiger partial charge is 0.327 e. The van der Waals surface area contributed by atoms with Crippen molar-refractivity contribution in [2.75, 3.05) is 45.9 Å². The van der Waals surface area contributed by atoms with E-state index in [4.69, 9.17) is 10.5 Å². The molecule has 0 aromatic rings. The summed E-state index contributed by atoms with van der Waals surface area (Å²) in [6, 6.07) is 0. The zero-order chi connectivity index (χ0) is 14.5. The van der Waals surface area contributed by atoms with Crippen LogP contribution in [0, 0.1) is 5.92 Å². The summed E-state index contributed by atoms with van der Waals surface area (Å²) in [5.41, 5.74) is 5.16. The van der Waals surface area contributed by atoms with Crippen molar-refractivity contribution in [3.63, 3.8) is 0 Å². The third-order valence-electron chi connectivity index (χ3n) is 3.38. The Kier molecular flexibility index (Phi) is 6.23. The fourth-order valence-electron chi connectivity index (χ4n) is 2.47. The van der Waals surface area contributed by atoms with Gasteiger partial charge in [-0.25, -0.2) is 0 Å². The Bertz CT molecular complexity index is 284. The Hall–Kier alpha value is -0.650. The molecule has 5 heteroatoms. The molecule has 1 atom stereocenters. The van der Waals surface area contributed by atoms with E-state index in [1.165, 1.54) is 0 Å². The van der Waals surface area contributed by atoms with Crippen LogP contribution in [0.5, 0.6) is 0 Å². The van der Waals surface area contributed by atoms with Crippen LogP contribution in [0.2, 0.25) is 0 Å². The first kappa shape index (κ1) is 16.4. The summed E-state index contributed by atoms with van der Waals surface area (Å²) in [6.07, 6.45) is 0. The number of nitrogens with two attached hydrogens (primary N) is 1. The van der Waals surface area contributed by atoms with Crippen LogP contribution in [0.4, 0.5) is 0 Å². The second-order valence-corrected chi connectivity index (χ2v) is 6.11. The van der Waals surface area contributed by atoms with Crippen LogP contribution >= 0.6 is 0 Å². The third kappa shape index (κ3) is 5.47. The molecule has 1 aliphatic rings. The highest BCUT2D eigenvalue weighted by atomic mass is 16.5. The molecule has 1 fully saturated rings. The van der Waals surface area contributed by atoms with E-state index in [1.54, 1.807) is 13.8 Å². The first-order valence-corrected chi connectivity index (χ1v) is 7.26. The lowest BCUT2D eigenvalue weighted by Crippen LogP contribution is -2.58. The second kappa shape index (κ2) is 7.22. The summed E-state index contributed by atoms with van der Waals surface area (Å²) in [4.78, 5) is 16.5. The van der Waals surface area contributed by atoms with Crippen LogP contribution in [0.1, 0.15) is 27.7 Å². The fraction of sp³-hybridized carbons (Fsp3) is 0.929. The lowest BCUT2D eigenvalue weighted by Gasteiger charge is -2.38. The standard InChI is InChI=1S/C14H29N3O2/c1-5-19-13(18)14(4,15)11-17-8-6-16(7-9-17)10-12(2)3/h12H,5-11,15H2,1-4H3. The monoisotopic (exact) mass is 271 g/mol. The summed E-state index contributed by atoms with van der Waals surface area (Å²) in [7, 11) is 0. The maximum atomic E-state index is 11.8. The number of esters is 1. The zero-order valence-corrected chi connectivity index (χ0v) is 12.8. The van der Waals surface area contributed by atoms with Crippen LogP contribution < -0.4 is 5.73 Å². The van der Waals surface area contributed by atoms with E-state index in [0.29, 0.717) is 19.1 Å². The first-order valence-electron chi connectivity index (χ1n) is 7.26. The third-order valence-corrected chi connectivity index (χ3v) is 3.38. The van der Waals surface area contributed by atoms with E-state index in [1.807, 2.05) is 0 Å². The number of rotatable bonds is 6. The summed E-state index contributed by atoms with van der Waals surface area (Å²) >= 11 is 0. The van der Waals surface area contributed by atoms with Gasteiger partial charge in [-0.15, -0.1) is 0 Å². The van der Waals surface area contributed by atoms with E-state index < -0.39 is 5.54 Å². The van der Waals surface area contributed by atoms with Gasteiger partial charge in [-0.05, 0) is 19.8 Å². The molecular formula is C14H29N3O2. The summed E-state index contributed by atoms with van der Waals surface area (Å²) in [6.45, 7) is 14.2. The Morgan fingerprint density at radius 2 is 1.79 bits per heavy atom. The van der Waals surface area contributed by atoms with Crippen molar-refractivity contribution >= 4 is 5.97 Å². The number of ether oxygens (including phenoxy) is 1. The molecule has 1 aliphatic heterocycles. The quantitative estimate of drug-likeness (QED) is 0.715. The molecule has 0 aromatic carbocycles. The van der Waals surface area contributed by atoms with E-state index in [9.17, 15) is 4.79 Å². The lowest BCUT2D eigenvalue weighted by atomic mass is 10.0. The molecule has 1 rings (SSSR count). The molecule has 0 saturated carbocycles. The molecule has 1 heterocycles. The van der Waals surface area contributed by atoms with E-state index in [-0.39, 0.29) is 5.97 Å². The Balaban J connectivity index is 2.37. The maximum Gasteiger partial charge on any atom is 0.327 e. The maximum absolute atomic E-state index is 11.8. The predicted molar refractivity (Wildman–Crippen MR) is 76.9 cm³/mol. The molecule has 0 aromatic heterocycles. The first-order chi connectivity index (χ1) is 8.85. The highest BCUT2D eigenvalue weighted by Gasteiger charge is 2.33. The van der Waals surface area contributed by atoms with Crippen molar-refractivity contribution in [1.82, 2.24) is 9.80 Å². The second-order valence-electron chi connectivity index (χ2n) is 6.11. The number of nitrogens with zero attached hydrogens (tertiary/aromatic N) is 2. The van der Waals surface area contributed by atoms with Gasteiger partial charge >= 0.3 is 5.97 Å². The Morgan fingerprint density at radius 3 is 2.26 bits per heavy atom. The van der Waals surface area contributed by atoms with Crippen LogP contribution in [-0.2, 0) is 9.53 Å². The van der Waals surface area contributed by atoms with Gasteiger partial charge in [0.2, 0.25) is 0 Å². The SMILES string of the molecule is CCOC(=O)C(C)(N)CN1CCN(CC(C)C)CC1. The molecule has 0 spiro atoms. The minimum absolute atomic E-state index is 0.306. The number of hydrogen-bond acceptors (Lipinski definition) is 5. The summed E-state index contributed by atoms with van der Waals surface area (Å²) in [5, 5.41) is 0. The largest absolute Gasteiger partial charge is 0.465 e. The molecule has 5 nitrogen and oxygen atoms in total. The van der Waals surface area contributed by atoms with Gasteiger partial charge in [0, 0.05) is 39.3 Å². The minimum Gasteiger partial charge on any atom is -0.465 e. The molecule has 1 unspecified atom stereocenters. The number of carbonyl (C=O) groups excluding carboxylic acids is 1. The van der Waals surface area contributed by atoms with Crippen molar-refractivity contribution in [3.8, 4) is 0 Å². The van der Waals surface area contributed by atoms with Crippen LogP contribution in [0.3, 0.4) is 0 Å². The zero-order valence-electron chi connectivity index (χ0n) is 12.8. The van der Waals surface area contributed by atoms with E-state index in [2.05, 4.69) is 23.6 Å². The van der Waals surface area contributed by atoms with Gasteiger partial charge in [0.25, 0.3) is 0 Å². The lowest BCUT2D eigenvalue weighted by molar-refractivity contribution is -0.149. The van der Waals surface area contributed by atoms with Gasteiger partial charge in [-0.2, -0.15) is 0 Å². The van der Waals surface area contributed by atoms with Gasteiger partial charge < -0.3 is 15.4 Å². The van der Waals surface area contributed by atoms with Crippen LogP contribution in [-0.4, -0.2) is 67.2 Å². The number of carbonyl (C=O) groups is 1. The van der Waals surface area contributed by atoms with Gasteiger partial charge in [0.05, 0.1) is 6.61 Å². The van der Waals surface area contributed by atoms with E-state index in [0.717, 1.165) is 32.7 Å². The summed E-state index contributed by atoms with van der Waals surface area (Å²) < 4.78 is 5.02. The summed E-state index contributed by atoms with van der Waals surface area (Å²) in [5.74, 6) is 0.394. The van der Waals surface area contributed by atoms with Crippen molar-refractivity contribution in [3.05, 3.63) is 0 Å². The molecule has 1 saturated heterocycles. The van der Waals surface area contributed by atoms with Gasteiger partial charge in [-0.3, -0.25) is 9.69 Å². The van der Waals surface area contributed by atoms with Crippen molar-refractivity contribution in [2.24, 2.45) is 11.7 Å². The fourth-order valence-corrected chi connectivity index (χ4v) is 2.47. The van der Waals surface area contributed by atoms with Crippen molar-refractivity contribution < 1.29 is 9.53 Å². The predicted octanol–water partition coefficient (Wildman–Crippen LogP) is 0.541. The molecule has 19 heavy (non-hydrogen) atoms. The molecule has 0 bridgehead atoms. The van der Waals surface area contributed by atoms with Gasteiger partial charge in [0.1, 0.15) is 5.54 Å². The molecule has 2 N–H and O–H groups in total. The highest BCUT2D eigenvalue weighted by Crippen LogP contribution is 2.10. The molecular weight excluding hydrogens is 242 g/mol. The molecule has 0 amide bonds. The Labute approximate surface area is 117 Å².